The Balaban J connectivity index is 0.000000291. The summed E-state index contributed by atoms with van der Waals surface area (Å²) in [7, 11) is 0. The fourth-order valence-corrected chi connectivity index (χ4v) is 7.45. The van der Waals surface area contributed by atoms with Crippen LogP contribution in [0.2, 0.25) is 0 Å². The van der Waals surface area contributed by atoms with Crippen molar-refractivity contribution in [2.75, 3.05) is 0 Å². The van der Waals surface area contributed by atoms with E-state index in [1.165, 1.54) is 27.8 Å². The molecule has 8 aromatic rings. The van der Waals surface area contributed by atoms with Crippen LogP contribution in [0.1, 0.15) is 63.2 Å². The molecule has 51 heavy (non-hydrogen) atoms. The SMILES string of the molecule is Cc1cccc(C)c1-c1cnc(-c2[c-]ccc3c2oc2c3ccc3sc(C(C)(C)C)nc32)cc1C(C)(C)C.[Ir].[c-]1ccccc1-c1ccccn1. The summed E-state index contributed by atoms with van der Waals surface area (Å²) in [5.74, 6) is 0. The molecule has 0 amide bonds. The van der Waals surface area contributed by atoms with Gasteiger partial charge >= 0.3 is 0 Å². The van der Waals surface area contributed by atoms with Gasteiger partial charge in [0.15, 0.2) is 0 Å². The molecule has 1 radical (unpaired) electrons. The molecule has 0 saturated carbocycles. The molecule has 0 aliphatic carbocycles. The molecule has 4 aromatic carbocycles. The predicted molar refractivity (Wildman–Crippen MR) is 210 cm³/mol. The molecular weight excluding hydrogens is 823 g/mol. The molecule has 4 heterocycles. The van der Waals surface area contributed by atoms with E-state index in [1.807, 2.05) is 54.7 Å². The van der Waals surface area contributed by atoms with Crippen LogP contribution in [0.4, 0.5) is 0 Å². The van der Waals surface area contributed by atoms with Crippen LogP contribution in [0.15, 0.2) is 108 Å². The summed E-state index contributed by atoms with van der Waals surface area (Å²) in [6.45, 7) is 17.8. The molecule has 4 nitrogen and oxygen atoms in total. The van der Waals surface area contributed by atoms with E-state index in [9.17, 15) is 0 Å². The van der Waals surface area contributed by atoms with E-state index in [0.717, 1.165) is 59.7 Å². The first kappa shape index (κ1) is 36.3. The Morgan fingerprint density at radius 3 is 2.10 bits per heavy atom. The molecule has 4 aromatic heterocycles. The molecule has 0 aliphatic rings. The van der Waals surface area contributed by atoms with Gasteiger partial charge in [-0.15, -0.1) is 65.4 Å². The Labute approximate surface area is 318 Å². The minimum absolute atomic E-state index is 0. The number of nitrogens with zero attached hydrogens (tertiary/aromatic N) is 3. The maximum Gasteiger partial charge on any atom is 0.148 e. The van der Waals surface area contributed by atoms with Gasteiger partial charge in [-0.25, -0.2) is 4.98 Å². The quantitative estimate of drug-likeness (QED) is 0.166. The zero-order chi connectivity index (χ0) is 35.2. The van der Waals surface area contributed by atoms with E-state index in [0.29, 0.717) is 0 Å². The molecular formula is C45H41IrN3OS-2. The zero-order valence-corrected chi connectivity index (χ0v) is 33.5. The minimum Gasteiger partial charge on any atom is -0.498 e. The normalized spacial score (nSPS) is 11.8. The third-order valence-corrected chi connectivity index (χ3v) is 10.4. The number of fused-ring (bicyclic) bond motifs is 5. The summed E-state index contributed by atoms with van der Waals surface area (Å²) in [6, 6.07) is 37.4. The maximum absolute atomic E-state index is 6.63. The van der Waals surface area contributed by atoms with E-state index in [4.69, 9.17) is 14.4 Å². The van der Waals surface area contributed by atoms with E-state index in [-0.39, 0.29) is 30.9 Å². The van der Waals surface area contributed by atoms with Crippen LogP contribution >= 0.6 is 11.3 Å². The van der Waals surface area contributed by atoms with Gasteiger partial charge in [-0.1, -0.05) is 95.0 Å². The summed E-state index contributed by atoms with van der Waals surface area (Å²) in [4.78, 5) is 14.2. The van der Waals surface area contributed by atoms with Crippen LogP contribution in [0.3, 0.4) is 0 Å². The van der Waals surface area contributed by atoms with Gasteiger partial charge in [0, 0.05) is 48.9 Å². The Kier molecular flexibility index (Phi) is 10.2. The van der Waals surface area contributed by atoms with Gasteiger partial charge in [-0.3, -0.25) is 0 Å². The molecule has 0 atom stereocenters. The Morgan fingerprint density at radius 2 is 1.43 bits per heavy atom. The van der Waals surface area contributed by atoms with Crippen molar-refractivity contribution in [2.24, 2.45) is 0 Å². The van der Waals surface area contributed by atoms with Crippen molar-refractivity contribution in [1.82, 2.24) is 15.0 Å². The van der Waals surface area contributed by atoms with E-state index in [1.54, 1.807) is 17.5 Å². The first-order chi connectivity index (χ1) is 23.9. The van der Waals surface area contributed by atoms with Gasteiger partial charge in [-0.2, -0.15) is 0 Å². The zero-order valence-electron chi connectivity index (χ0n) is 30.3. The topological polar surface area (TPSA) is 51.8 Å². The molecule has 0 spiro atoms. The predicted octanol–water partition coefficient (Wildman–Crippen LogP) is 12.5. The third kappa shape index (κ3) is 7.19. The first-order valence-corrected chi connectivity index (χ1v) is 17.8. The fraction of sp³-hybridized carbons (Fsp3) is 0.222. The van der Waals surface area contributed by atoms with Crippen molar-refractivity contribution < 1.29 is 24.5 Å². The number of hydrogen-bond donors (Lipinski definition) is 0. The molecule has 0 bridgehead atoms. The Hall–Kier alpha value is -4.48. The number of aromatic nitrogens is 3. The molecule has 0 aliphatic heterocycles. The van der Waals surface area contributed by atoms with Gasteiger partial charge in [-0.05, 0) is 65.0 Å². The molecule has 259 valence electrons. The van der Waals surface area contributed by atoms with Crippen molar-refractivity contribution in [1.29, 1.82) is 0 Å². The summed E-state index contributed by atoms with van der Waals surface area (Å²) in [5.41, 5.74) is 12.5. The fourth-order valence-electron chi connectivity index (χ4n) is 6.43. The number of rotatable bonds is 3. The van der Waals surface area contributed by atoms with E-state index in [2.05, 4.69) is 115 Å². The van der Waals surface area contributed by atoms with Gasteiger partial charge in [0.25, 0.3) is 0 Å². The van der Waals surface area contributed by atoms with Crippen molar-refractivity contribution >= 4 is 43.5 Å². The number of pyridine rings is 2. The average molecular weight is 864 g/mol. The van der Waals surface area contributed by atoms with Crippen LogP contribution in [-0.4, -0.2) is 15.0 Å². The monoisotopic (exact) mass is 864 g/mol. The van der Waals surface area contributed by atoms with Crippen molar-refractivity contribution in [2.45, 2.75) is 66.2 Å². The smallest absolute Gasteiger partial charge is 0.148 e. The number of aryl methyl sites for hydroxylation is 2. The molecule has 0 fully saturated rings. The second-order valence-corrected chi connectivity index (χ2v) is 15.9. The molecule has 0 unspecified atom stereocenters. The van der Waals surface area contributed by atoms with Gasteiger partial charge in [0.2, 0.25) is 0 Å². The molecule has 6 heteroatoms. The number of benzene rings is 4. The largest absolute Gasteiger partial charge is 0.498 e. The summed E-state index contributed by atoms with van der Waals surface area (Å²) in [6.07, 6.45) is 3.82. The van der Waals surface area contributed by atoms with Crippen molar-refractivity contribution in [3.63, 3.8) is 0 Å². The summed E-state index contributed by atoms with van der Waals surface area (Å²) < 4.78 is 7.78. The average Bonchev–Trinajstić information content (AvgIpc) is 3.72. The number of hydrogen-bond acceptors (Lipinski definition) is 5. The first-order valence-electron chi connectivity index (χ1n) is 17.0. The van der Waals surface area contributed by atoms with Gasteiger partial charge in [0.05, 0.1) is 15.3 Å². The Morgan fingerprint density at radius 1 is 0.686 bits per heavy atom. The van der Waals surface area contributed by atoms with E-state index >= 15 is 0 Å². The van der Waals surface area contributed by atoms with Gasteiger partial charge in [0.1, 0.15) is 11.1 Å². The summed E-state index contributed by atoms with van der Waals surface area (Å²) in [5, 5.41) is 3.27. The minimum atomic E-state index is -0.0698. The number of furan rings is 1. The molecule has 8 rings (SSSR count). The standard InChI is InChI=1S/C34H33N2OS.C11H8N.Ir/c1-19-11-9-12-20(2)28(19)24-18-35-26(17-25(24)33(3,4)5)23-14-10-13-21-22-15-16-27-29(31(22)37-30(21)23)36-32(38-27)34(6,7)8;1-2-6-10(7-3-1)11-8-4-5-9-12-11;/h9-13,15-18H,1-8H3;1-6,8-9H;/q2*-1;. The third-order valence-electron chi connectivity index (χ3n) is 8.97. The van der Waals surface area contributed by atoms with Crippen LogP contribution in [0.5, 0.6) is 0 Å². The van der Waals surface area contributed by atoms with Crippen LogP contribution in [0, 0.1) is 26.0 Å². The van der Waals surface area contributed by atoms with Crippen LogP contribution in [-0.2, 0) is 30.9 Å². The van der Waals surface area contributed by atoms with Crippen molar-refractivity contribution in [3.8, 4) is 33.6 Å². The van der Waals surface area contributed by atoms with Crippen molar-refractivity contribution in [3.05, 3.63) is 137 Å². The number of thiazole rings is 1. The molecule has 0 saturated heterocycles. The summed E-state index contributed by atoms with van der Waals surface area (Å²) >= 11 is 1.74. The maximum atomic E-state index is 6.63. The second-order valence-electron chi connectivity index (χ2n) is 14.9. The van der Waals surface area contributed by atoms with E-state index < -0.39 is 0 Å². The van der Waals surface area contributed by atoms with Crippen LogP contribution in [0.25, 0.3) is 65.8 Å². The molecule has 0 N–H and O–H groups in total. The second kappa shape index (κ2) is 14.3. The van der Waals surface area contributed by atoms with Gasteiger partial charge < -0.3 is 14.4 Å². The van der Waals surface area contributed by atoms with Crippen LogP contribution < -0.4 is 0 Å². The Bertz CT molecular complexity index is 2410.